The van der Waals surface area contributed by atoms with Gasteiger partial charge < -0.3 is 41.2 Å². The number of carbonyl (C=O) groups is 2. The molecule has 0 unspecified atom stereocenters. The van der Waals surface area contributed by atoms with Crippen molar-refractivity contribution in [3.05, 3.63) is 93.5 Å². The molecule has 0 saturated carbocycles. The zero-order chi connectivity index (χ0) is 32.0. The predicted molar refractivity (Wildman–Crippen MR) is 150 cm³/mol. The van der Waals surface area contributed by atoms with Gasteiger partial charge in [0, 0.05) is 34.3 Å². The third-order valence-electron chi connectivity index (χ3n) is 6.45. The molecule has 0 aliphatic heterocycles. The van der Waals surface area contributed by atoms with Crippen LogP contribution in [0.1, 0.15) is 21.0 Å². The summed E-state index contributed by atoms with van der Waals surface area (Å²) < 4.78 is 57.4. The van der Waals surface area contributed by atoms with Crippen LogP contribution in [0.2, 0.25) is 10.0 Å². The van der Waals surface area contributed by atoms with E-state index in [1.807, 2.05) is 0 Å². The first-order valence-corrected chi connectivity index (χ1v) is 12.8. The number of carboxylic acid groups (broad SMARTS) is 2. The van der Waals surface area contributed by atoms with Crippen molar-refractivity contribution in [2.45, 2.75) is 0 Å². The third-order valence-corrected chi connectivity index (χ3v) is 7.22. The van der Waals surface area contributed by atoms with Crippen molar-refractivity contribution >= 4 is 68.3 Å². The minimum absolute atomic E-state index is 0. The van der Waals surface area contributed by atoms with Crippen LogP contribution < -0.4 is 103 Å². The summed E-state index contributed by atoms with van der Waals surface area (Å²) in [5, 5.41) is 22.0. The van der Waals surface area contributed by atoms with Crippen LogP contribution in [0, 0.1) is 23.3 Å². The van der Waals surface area contributed by atoms with Gasteiger partial charge in [-0.3, -0.25) is 0 Å². The van der Waals surface area contributed by atoms with Crippen LogP contribution >= 0.6 is 23.2 Å². The Kier molecular flexibility index (Phi) is 12.3. The van der Waals surface area contributed by atoms with Crippen molar-refractivity contribution in [1.82, 2.24) is 19.9 Å². The van der Waals surface area contributed by atoms with Gasteiger partial charge in [-0.2, -0.15) is 0 Å². The maximum Gasteiger partial charge on any atom is 1.00 e. The first-order valence-electron chi connectivity index (χ1n) is 12.1. The van der Waals surface area contributed by atoms with Crippen LogP contribution in [-0.4, -0.2) is 31.9 Å². The van der Waals surface area contributed by atoms with E-state index >= 15 is 0 Å². The fraction of sp³-hybridized carbons (Fsp3) is 0. The molecule has 10 nitrogen and oxygen atoms in total. The molecule has 0 aliphatic carbocycles. The van der Waals surface area contributed by atoms with Gasteiger partial charge in [-0.05, 0) is 24.3 Å². The van der Waals surface area contributed by atoms with Crippen molar-refractivity contribution < 1.29 is 118 Å². The largest absolute Gasteiger partial charge is 1.00 e. The summed E-state index contributed by atoms with van der Waals surface area (Å²) in [4.78, 5) is 34.4. The molecule has 0 amide bonds. The van der Waals surface area contributed by atoms with Crippen molar-refractivity contribution in [1.29, 1.82) is 0 Å². The number of hydrogen-bond acceptors (Lipinski definition) is 8. The molecular formula is C28H14Cl2F4KN6NaO4. The summed E-state index contributed by atoms with van der Waals surface area (Å²) in [5.41, 5.74) is 6.83. The molecular weight excluding hydrogens is 693 g/mol. The fourth-order valence-electron chi connectivity index (χ4n) is 4.30. The van der Waals surface area contributed by atoms with E-state index in [-0.39, 0.29) is 103 Å². The molecule has 6 N–H and O–H groups in total. The SMILES string of the molecule is Nc1c(F)c(-c2ccc3cc[nH]c3c2F)nc(C(=O)[O-])c1Cl.Nc1c(F)c(-c2ccc3cc[nH]c3c2F)nc(C(=O)[O-])c1Cl.[K+].[Na+]. The van der Waals surface area contributed by atoms with Gasteiger partial charge in [-0.25, -0.2) is 27.5 Å². The number of pyridine rings is 2. The number of nitrogens with zero attached hydrogens (tertiary/aromatic N) is 2. The Morgan fingerprint density at radius 3 is 1.33 bits per heavy atom. The number of nitrogens with two attached hydrogens (primary N) is 2. The molecule has 0 spiro atoms. The topological polar surface area (TPSA) is 190 Å². The second-order valence-electron chi connectivity index (χ2n) is 9.01. The van der Waals surface area contributed by atoms with E-state index in [1.54, 1.807) is 12.1 Å². The molecule has 0 fully saturated rings. The minimum atomic E-state index is -1.74. The standard InChI is InChI=1S/2C14H8ClF2N3O2.K.Na/c2*15-7-10(18)9(17)12(20-13(7)14(21)22)6-2-1-5-3-4-19-11(5)8(6)16;;/h2*1-4,19H,(H2,18,20)(H,21,22);;/q;;2*+1/p-2. The second-order valence-corrected chi connectivity index (χ2v) is 9.77. The van der Waals surface area contributed by atoms with E-state index in [4.69, 9.17) is 34.7 Å². The smallest absolute Gasteiger partial charge is 0.543 e. The monoisotopic (exact) mass is 706 g/mol. The van der Waals surface area contributed by atoms with Gasteiger partial charge in [0.2, 0.25) is 0 Å². The van der Waals surface area contributed by atoms with Crippen LogP contribution in [0.4, 0.5) is 28.9 Å². The summed E-state index contributed by atoms with van der Waals surface area (Å²) in [6.07, 6.45) is 3.04. The molecule has 224 valence electrons. The van der Waals surface area contributed by atoms with Crippen molar-refractivity contribution in [3.8, 4) is 22.5 Å². The number of benzene rings is 2. The van der Waals surface area contributed by atoms with E-state index in [9.17, 15) is 37.4 Å². The number of anilines is 2. The Morgan fingerprint density at radius 2 is 1.00 bits per heavy atom. The normalized spacial score (nSPS) is 10.6. The molecule has 4 aromatic heterocycles. The van der Waals surface area contributed by atoms with Gasteiger partial charge in [0.05, 0.1) is 44.4 Å². The van der Waals surface area contributed by atoms with Gasteiger partial charge in [-0.15, -0.1) is 0 Å². The number of hydrogen-bond donors (Lipinski definition) is 4. The average molecular weight is 707 g/mol. The van der Waals surface area contributed by atoms with Crippen molar-refractivity contribution in [2.75, 3.05) is 11.5 Å². The maximum absolute atomic E-state index is 14.5. The van der Waals surface area contributed by atoms with Crippen LogP contribution in [0.15, 0.2) is 48.8 Å². The summed E-state index contributed by atoms with van der Waals surface area (Å²) in [6.45, 7) is 0. The summed E-state index contributed by atoms with van der Waals surface area (Å²) in [7, 11) is 0. The number of nitrogen functional groups attached to an aromatic ring is 2. The number of H-pyrrole nitrogens is 2. The van der Waals surface area contributed by atoms with Gasteiger partial charge in [0.1, 0.15) is 22.8 Å². The molecule has 6 rings (SSSR count). The molecule has 2 aromatic carbocycles. The second kappa shape index (κ2) is 15.0. The van der Waals surface area contributed by atoms with Gasteiger partial charge in [0.25, 0.3) is 0 Å². The zero-order valence-electron chi connectivity index (χ0n) is 23.6. The molecule has 6 aromatic rings. The first kappa shape index (κ1) is 37.8. The number of carbonyl (C=O) groups excluding carboxylic acids is 2. The number of rotatable bonds is 4. The van der Waals surface area contributed by atoms with E-state index in [2.05, 4.69) is 19.9 Å². The van der Waals surface area contributed by atoms with Gasteiger partial charge in [-0.1, -0.05) is 35.3 Å². The Hall–Kier alpha value is -2.70. The zero-order valence-corrected chi connectivity index (χ0v) is 30.2. The summed E-state index contributed by atoms with van der Waals surface area (Å²) in [6, 6.07) is 8.90. The van der Waals surface area contributed by atoms with Crippen LogP contribution in [-0.2, 0) is 0 Å². The number of nitrogens with one attached hydrogen (secondary N) is 2. The number of fused-ring (bicyclic) bond motifs is 2. The third kappa shape index (κ3) is 6.80. The number of aromatic amines is 2. The predicted octanol–water partition coefficient (Wildman–Crippen LogP) is -1.78. The van der Waals surface area contributed by atoms with Gasteiger partial charge in [0.15, 0.2) is 23.3 Å². The van der Waals surface area contributed by atoms with Crippen LogP contribution in [0.25, 0.3) is 44.3 Å². The number of halogens is 6. The molecule has 18 heteroatoms. The fourth-order valence-corrected chi connectivity index (χ4v) is 4.70. The average Bonchev–Trinajstić information content (AvgIpc) is 3.67. The maximum atomic E-state index is 14.5. The number of aromatic nitrogens is 4. The van der Waals surface area contributed by atoms with E-state index < -0.39 is 79.4 Å². The number of aromatic carboxylic acids is 2. The molecule has 46 heavy (non-hydrogen) atoms. The Labute approximate surface area is 330 Å². The molecule has 4 heterocycles. The van der Waals surface area contributed by atoms with Crippen molar-refractivity contribution in [3.63, 3.8) is 0 Å². The van der Waals surface area contributed by atoms with Crippen molar-refractivity contribution in [2.24, 2.45) is 0 Å². The Bertz CT molecular complexity index is 2010. The first-order chi connectivity index (χ1) is 20.8. The Balaban J connectivity index is 0.000000240. The molecule has 0 radical (unpaired) electrons. The van der Waals surface area contributed by atoms with Crippen LogP contribution in [0.3, 0.4) is 0 Å². The number of carboxylic acids is 2. The molecule has 0 aliphatic rings. The summed E-state index contributed by atoms with van der Waals surface area (Å²) in [5.74, 6) is -7.22. The minimum Gasteiger partial charge on any atom is -0.543 e. The van der Waals surface area contributed by atoms with Gasteiger partial charge >= 0.3 is 80.9 Å². The molecule has 0 saturated heterocycles. The van der Waals surface area contributed by atoms with Crippen LogP contribution in [0.5, 0.6) is 0 Å². The molecule has 0 bridgehead atoms. The quantitative estimate of drug-likeness (QED) is 0.122. The summed E-state index contributed by atoms with van der Waals surface area (Å²) >= 11 is 11.2. The van der Waals surface area contributed by atoms with E-state index in [1.165, 1.54) is 36.7 Å². The molecule has 0 atom stereocenters. The van der Waals surface area contributed by atoms with E-state index in [0.29, 0.717) is 10.8 Å². The van der Waals surface area contributed by atoms with E-state index in [0.717, 1.165) is 0 Å². The Morgan fingerprint density at radius 1 is 0.652 bits per heavy atom.